The number of halogens is 1. The van der Waals surface area contributed by atoms with Gasteiger partial charge in [-0.25, -0.2) is 4.39 Å². The van der Waals surface area contributed by atoms with Crippen LogP contribution < -0.4 is 14.8 Å². The topological polar surface area (TPSA) is 67.9 Å². The third-order valence-electron chi connectivity index (χ3n) is 4.57. The van der Waals surface area contributed by atoms with E-state index in [1.165, 1.54) is 17.0 Å². The van der Waals surface area contributed by atoms with Gasteiger partial charge in [-0.3, -0.25) is 9.59 Å². The first kappa shape index (κ1) is 24.2. The van der Waals surface area contributed by atoms with E-state index in [1.807, 2.05) is 27.7 Å². The summed E-state index contributed by atoms with van der Waals surface area (Å²) in [5.74, 6) is 0.262. The van der Waals surface area contributed by atoms with Crippen molar-refractivity contribution in [2.24, 2.45) is 0 Å². The zero-order chi connectivity index (χ0) is 23.0. The highest BCUT2D eigenvalue weighted by molar-refractivity contribution is 5.88. The number of nitrogens with one attached hydrogen (secondary N) is 1. The molecule has 1 unspecified atom stereocenters. The summed E-state index contributed by atoms with van der Waals surface area (Å²) in [5, 5.41) is 2.94. The third kappa shape index (κ3) is 7.59. The maximum atomic E-state index is 13.3. The molecule has 2 aromatic carbocycles. The van der Waals surface area contributed by atoms with E-state index in [0.717, 1.165) is 5.56 Å². The Morgan fingerprint density at radius 1 is 1.03 bits per heavy atom. The van der Waals surface area contributed by atoms with Crippen molar-refractivity contribution in [2.75, 3.05) is 13.7 Å². The zero-order valence-electron chi connectivity index (χ0n) is 18.8. The number of carbonyl (C=O) groups excluding carboxylic acids is 2. The van der Waals surface area contributed by atoms with Gasteiger partial charge in [0.05, 0.1) is 7.11 Å². The molecule has 0 fully saturated rings. The van der Waals surface area contributed by atoms with Crippen LogP contribution in [-0.4, -0.2) is 42.0 Å². The van der Waals surface area contributed by atoms with E-state index in [9.17, 15) is 14.0 Å². The predicted octanol–water partition coefficient (Wildman–Crippen LogP) is 3.94. The minimum atomic E-state index is -0.684. The molecule has 6 nitrogen and oxygen atoms in total. The number of amides is 2. The van der Waals surface area contributed by atoms with E-state index in [1.54, 1.807) is 43.5 Å². The van der Waals surface area contributed by atoms with Gasteiger partial charge in [-0.05, 0) is 69.2 Å². The van der Waals surface area contributed by atoms with Crippen molar-refractivity contribution in [3.63, 3.8) is 0 Å². The summed E-state index contributed by atoms with van der Waals surface area (Å²) < 4.78 is 24.1. The Balaban J connectivity index is 2.20. The van der Waals surface area contributed by atoms with Crippen LogP contribution in [0.15, 0.2) is 48.5 Å². The molecule has 7 heteroatoms. The number of rotatable bonds is 9. The average Bonchev–Trinajstić information content (AvgIpc) is 2.72. The Labute approximate surface area is 183 Å². The molecule has 0 heterocycles. The number of ether oxygens (including phenoxy) is 2. The summed E-state index contributed by atoms with van der Waals surface area (Å²) in [7, 11) is 1.57. The van der Waals surface area contributed by atoms with E-state index in [-0.39, 0.29) is 30.8 Å². The van der Waals surface area contributed by atoms with E-state index in [4.69, 9.17) is 9.47 Å². The average molecular weight is 431 g/mol. The monoisotopic (exact) mass is 430 g/mol. The first-order valence-electron chi connectivity index (χ1n) is 10.3. The van der Waals surface area contributed by atoms with Crippen LogP contribution in [0.4, 0.5) is 4.39 Å². The molecular formula is C24H31FN2O4. The van der Waals surface area contributed by atoms with Crippen LogP contribution in [0.2, 0.25) is 0 Å². The fourth-order valence-corrected chi connectivity index (χ4v) is 3.06. The quantitative estimate of drug-likeness (QED) is 0.655. The Bertz CT molecular complexity index is 861. The third-order valence-corrected chi connectivity index (χ3v) is 4.57. The van der Waals surface area contributed by atoms with Crippen LogP contribution in [0.5, 0.6) is 11.5 Å². The molecule has 0 saturated heterocycles. The van der Waals surface area contributed by atoms with Gasteiger partial charge < -0.3 is 19.7 Å². The summed E-state index contributed by atoms with van der Waals surface area (Å²) in [6.45, 7) is 7.44. The van der Waals surface area contributed by atoms with Gasteiger partial charge in [0.15, 0.2) is 6.61 Å². The lowest BCUT2D eigenvalue weighted by Crippen LogP contribution is -2.54. The van der Waals surface area contributed by atoms with Gasteiger partial charge in [-0.1, -0.05) is 19.1 Å². The van der Waals surface area contributed by atoms with Crippen LogP contribution in [0.1, 0.15) is 39.7 Å². The van der Waals surface area contributed by atoms with Gasteiger partial charge in [0.25, 0.3) is 5.91 Å². The largest absolute Gasteiger partial charge is 0.497 e. The molecule has 1 N–H and O–H groups in total. The summed E-state index contributed by atoms with van der Waals surface area (Å²) >= 11 is 0. The number of carbonyl (C=O) groups is 2. The molecule has 0 aliphatic carbocycles. The number of hydrogen-bond acceptors (Lipinski definition) is 4. The van der Waals surface area contributed by atoms with Gasteiger partial charge in [0, 0.05) is 12.1 Å². The lowest BCUT2D eigenvalue weighted by Gasteiger charge is -2.33. The molecule has 2 aromatic rings. The zero-order valence-corrected chi connectivity index (χ0v) is 18.8. The second-order valence-electron chi connectivity index (χ2n) is 8.28. The maximum Gasteiger partial charge on any atom is 0.261 e. The second kappa shape index (κ2) is 10.8. The minimum Gasteiger partial charge on any atom is -0.497 e. The van der Waals surface area contributed by atoms with E-state index in [2.05, 4.69) is 5.32 Å². The Morgan fingerprint density at radius 2 is 1.61 bits per heavy atom. The summed E-state index contributed by atoms with van der Waals surface area (Å²) in [5.41, 5.74) is 0.288. The fraction of sp³-hybridized carbons (Fsp3) is 0.417. The molecule has 31 heavy (non-hydrogen) atoms. The Kier molecular flexibility index (Phi) is 8.42. The molecule has 0 aliphatic heterocycles. The van der Waals surface area contributed by atoms with Gasteiger partial charge >= 0.3 is 0 Å². The molecule has 0 aromatic heterocycles. The molecule has 168 valence electrons. The molecule has 1 atom stereocenters. The van der Waals surface area contributed by atoms with Gasteiger partial charge in [0.1, 0.15) is 23.4 Å². The van der Waals surface area contributed by atoms with E-state index < -0.39 is 11.6 Å². The van der Waals surface area contributed by atoms with Crippen molar-refractivity contribution < 1.29 is 23.5 Å². The minimum absolute atomic E-state index is 0.168. The highest BCUT2D eigenvalue weighted by Gasteiger charge is 2.30. The first-order valence-corrected chi connectivity index (χ1v) is 10.3. The lowest BCUT2D eigenvalue weighted by molar-refractivity contribution is -0.143. The molecule has 0 saturated carbocycles. The van der Waals surface area contributed by atoms with Crippen LogP contribution in [0.25, 0.3) is 0 Å². The standard InChI is InChI=1S/C24H31FN2O4/c1-6-21(23(29)26-24(2,3)4)27(15-17-7-9-18(25)10-8-17)22(28)16-31-20-13-11-19(30-5)12-14-20/h7-14,21H,6,15-16H2,1-5H3,(H,26,29). The maximum absolute atomic E-state index is 13.3. The van der Waals surface area contributed by atoms with Gasteiger partial charge in [-0.15, -0.1) is 0 Å². The fourth-order valence-electron chi connectivity index (χ4n) is 3.06. The summed E-state index contributed by atoms with van der Waals surface area (Å²) in [6.07, 6.45) is 0.428. The molecule has 0 aliphatic rings. The van der Waals surface area contributed by atoms with Gasteiger partial charge in [-0.2, -0.15) is 0 Å². The summed E-state index contributed by atoms with van der Waals surface area (Å²) in [4.78, 5) is 27.5. The number of methoxy groups -OCH3 is 1. The van der Waals surface area contributed by atoms with Crippen molar-refractivity contribution >= 4 is 11.8 Å². The van der Waals surface area contributed by atoms with Crippen molar-refractivity contribution in [3.8, 4) is 11.5 Å². The Hall–Kier alpha value is -3.09. The van der Waals surface area contributed by atoms with Crippen LogP contribution >= 0.6 is 0 Å². The second-order valence-corrected chi connectivity index (χ2v) is 8.28. The smallest absolute Gasteiger partial charge is 0.261 e. The molecule has 0 radical (unpaired) electrons. The molecule has 0 spiro atoms. The summed E-state index contributed by atoms with van der Waals surface area (Å²) in [6, 6.07) is 12.1. The molecule has 2 amide bonds. The SMILES string of the molecule is CCC(C(=O)NC(C)(C)C)N(Cc1ccc(F)cc1)C(=O)COc1ccc(OC)cc1. The van der Waals surface area contributed by atoms with Crippen LogP contribution in [0, 0.1) is 5.82 Å². The van der Waals surface area contributed by atoms with Crippen LogP contribution in [-0.2, 0) is 16.1 Å². The highest BCUT2D eigenvalue weighted by atomic mass is 19.1. The molecule has 2 rings (SSSR count). The van der Waals surface area contributed by atoms with Crippen molar-refractivity contribution in [1.82, 2.24) is 10.2 Å². The van der Waals surface area contributed by atoms with E-state index in [0.29, 0.717) is 17.9 Å². The number of nitrogens with zero attached hydrogens (tertiary/aromatic N) is 1. The normalized spacial score (nSPS) is 12.1. The molecular weight excluding hydrogens is 399 g/mol. The van der Waals surface area contributed by atoms with Crippen molar-refractivity contribution in [3.05, 3.63) is 59.9 Å². The molecule has 0 bridgehead atoms. The van der Waals surface area contributed by atoms with E-state index >= 15 is 0 Å². The lowest BCUT2D eigenvalue weighted by atomic mass is 10.1. The number of benzene rings is 2. The Morgan fingerprint density at radius 3 is 2.13 bits per heavy atom. The first-order chi connectivity index (χ1) is 14.6. The number of hydrogen-bond donors (Lipinski definition) is 1. The van der Waals surface area contributed by atoms with Crippen molar-refractivity contribution in [2.45, 2.75) is 52.2 Å². The van der Waals surface area contributed by atoms with Crippen molar-refractivity contribution in [1.29, 1.82) is 0 Å². The highest BCUT2D eigenvalue weighted by Crippen LogP contribution is 2.18. The predicted molar refractivity (Wildman–Crippen MR) is 117 cm³/mol. The van der Waals surface area contributed by atoms with Gasteiger partial charge in [0.2, 0.25) is 5.91 Å². The van der Waals surface area contributed by atoms with Crippen LogP contribution in [0.3, 0.4) is 0 Å².